The third-order valence-electron chi connectivity index (χ3n) is 1.11. The van der Waals surface area contributed by atoms with Gasteiger partial charge in [0.15, 0.2) is 0 Å². The van der Waals surface area contributed by atoms with E-state index in [-0.39, 0.29) is 13.0 Å². The number of rotatable bonds is 5. The molecule has 0 aromatic rings. The molecular weight excluding hydrogens is 146 g/mol. The Kier molecular flexibility index (Phi) is 5.37. The van der Waals surface area contributed by atoms with E-state index in [1.54, 1.807) is 6.92 Å². The van der Waals surface area contributed by atoms with Crippen molar-refractivity contribution in [2.75, 3.05) is 13.2 Å². The SMILES string of the molecule is CCOC(=O)C(=O)CCCN. The highest BCUT2D eigenvalue weighted by Crippen LogP contribution is 1.91. The molecule has 0 aliphatic rings. The first kappa shape index (κ1) is 10.1. The molecular formula is C7H13NO3. The number of ketones is 1. The van der Waals surface area contributed by atoms with Gasteiger partial charge in [-0.3, -0.25) is 4.79 Å². The van der Waals surface area contributed by atoms with E-state index in [9.17, 15) is 9.59 Å². The first-order valence-corrected chi connectivity index (χ1v) is 3.62. The summed E-state index contributed by atoms with van der Waals surface area (Å²) in [4.78, 5) is 21.4. The number of hydrogen-bond acceptors (Lipinski definition) is 4. The van der Waals surface area contributed by atoms with Crippen LogP contribution in [0.2, 0.25) is 0 Å². The van der Waals surface area contributed by atoms with Gasteiger partial charge in [-0.2, -0.15) is 0 Å². The third kappa shape index (κ3) is 4.50. The lowest BCUT2D eigenvalue weighted by Gasteiger charge is -1.98. The molecule has 0 aromatic carbocycles. The van der Waals surface area contributed by atoms with Gasteiger partial charge in [0, 0.05) is 6.42 Å². The molecule has 0 aliphatic heterocycles. The molecule has 4 heteroatoms. The van der Waals surface area contributed by atoms with Crippen LogP contribution in [0.3, 0.4) is 0 Å². The van der Waals surface area contributed by atoms with Crippen LogP contribution in [0.15, 0.2) is 0 Å². The van der Waals surface area contributed by atoms with Gasteiger partial charge < -0.3 is 10.5 Å². The van der Waals surface area contributed by atoms with Gasteiger partial charge in [0.2, 0.25) is 5.78 Å². The first-order chi connectivity index (χ1) is 5.22. The van der Waals surface area contributed by atoms with Crippen molar-refractivity contribution in [1.29, 1.82) is 0 Å². The molecule has 0 rings (SSSR count). The van der Waals surface area contributed by atoms with E-state index < -0.39 is 11.8 Å². The lowest BCUT2D eigenvalue weighted by Crippen LogP contribution is -2.18. The Labute approximate surface area is 65.7 Å². The molecule has 0 unspecified atom stereocenters. The normalized spacial score (nSPS) is 9.27. The van der Waals surface area contributed by atoms with Crippen LogP contribution in [0.5, 0.6) is 0 Å². The summed E-state index contributed by atoms with van der Waals surface area (Å²) >= 11 is 0. The van der Waals surface area contributed by atoms with Crippen LogP contribution in [0.25, 0.3) is 0 Å². The van der Waals surface area contributed by atoms with E-state index >= 15 is 0 Å². The summed E-state index contributed by atoms with van der Waals surface area (Å²) in [6, 6.07) is 0. The number of esters is 1. The van der Waals surface area contributed by atoms with Gasteiger partial charge in [-0.25, -0.2) is 4.79 Å². The van der Waals surface area contributed by atoms with Crippen LogP contribution in [0, 0.1) is 0 Å². The summed E-state index contributed by atoms with van der Waals surface area (Å²) in [5.74, 6) is -1.24. The fraction of sp³-hybridized carbons (Fsp3) is 0.714. The predicted molar refractivity (Wildman–Crippen MR) is 39.9 cm³/mol. The minimum absolute atomic E-state index is 0.190. The first-order valence-electron chi connectivity index (χ1n) is 3.62. The zero-order valence-corrected chi connectivity index (χ0v) is 6.63. The van der Waals surface area contributed by atoms with E-state index in [2.05, 4.69) is 4.74 Å². The van der Waals surface area contributed by atoms with Gasteiger partial charge in [-0.05, 0) is 19.9 Å². The zero-order chi connectivity index (χ0) is 8.69. The van der Waals surface area contributed by atoms with Crippen LogP contribution in [0.4, 0.5) is 0 Å². The van der Waals surface area contributed by atoms with Crippen molar-refractivity contribution in [3.8, 4) is 0 Å². The van der Waals surface area contributed by atoms with Crippen molar-refractivity contribution < 1.29 is 14.3 Å². The molecule has 0 fully saturated rings. The summed E-state index contributed by atoms with van der Waals surface area (Å²) in [5.41, 5.74) is 5.15. The monoisotopic (exact) mass is 159 g/mol. The van der Waals surface area contributed by atoms with Crippen molar-refractivity contribution in [2.24, 2.45) is 5.73 Å². The molecule has 2 N–H and O–H groups in total. The molecule has 0 aromatic heterocycles. The van der Waals surface area contributed by atoms with Gasteiger partial charge in [0.05, 0.1) is 6.61 Å². The molecule has 4 nitrogen and oxygen atoms in total. The van der Waals surface area contributed by atoms with E-state index in [0.717, 1.165) is 0 Å². The molecule has 0 radical (unpaired) electrons. The molecule has 0 bridgehead atoms. The van der Waals surface area contributed by atoms with E-state index in [1.165, 1.54) is 0 Å². The van der Waals surface area contributed by atoms with E-state index in [0.29, 0.717) is 13.0 Å². The lowest BCUT2D eigenvalue weighted by atomic mass is 10.2. The minimum Gasteiger partial charge on any atom is -0.460 e. The largest absolute Gasteiger partial charge is 0.460 e. The molecule has 64 valence electrons. The highest BCUT2D eigenvalue weighted by molar-refractivity contribution is 6.33. The maximum Gasteiger partial charge on any atom is 0.374 e. The third-order valence-corrected chi connectivity index (χ3v) is 1.11. The topological polar surface area (TPSA) is 69.4 Å². The predicted octanol–water partition coefficient (Wildman–Crippen LogP) is -0.142. The number of nitrogens with two attached hydrogens (primary N) is 1. The second kappa shape index (κ2) is 5.85. The number of carbonyl (C=O) groups is 2. The molecule has 0 spiro atoms. The van der Waals surface area contributed by atoms with Crippen molar-refractivity contribution in [2.45, 2.75) is 19.8 Å². The number of Topliss-reactive ketones (excluding diaryl/α,β-unsaturated/α-hetero) is 1. The lowest BCUT2D eigenvalue weighted by molar-refractivity contribution is -0.153. The van der Waals surface area contributed by atoms with Gasteiger partial charge >= 0.3 is 5.97 Å². The average molecular weight is 159 g/mol. The summed E-state index contributed by atoms with van der Waals surface area (Å²) in [5, 5.41) is 0. The molecule has 0 saturated carbocycles. The second-order valence-corrected chi connectivity index (χ2v) is 2.04. The summed E-state index contributed by atoms with van der Waals surface area (Å²) < 4.78 is 4.47. The van der Waals surface area contributed by atoms with Crippen molar-refractivity contribution in [3.63, 3.8) is 0 Å². The average Bonchev–Trinajstić information content (AvgIpc) is 2.00. The van der Waals surface area contributed by atoms with Gasteiger partial charge in [-0.1, -0.05) is 0 Å². The molecule has 0 atom stereocenters. The van der Waals surface area contributed by atoms with Gasteiger partial charge in [-0.15, -0.1) is 0 Å². The Morgan fingerprint density at radius 2 is 2.09 bits per heavy atom. The second-order valence-electron chi connectivity index (χ2n) is 2.04. The van der Waals surface area contributed by atoms with Crippen LogP contribution in [-0.2, 0) is 14.3 Å². The van der Waals surface area contributed by atoms with Crippen molar-refractivity contribution in [3.05, 3.63) is 0 Å². The fourth-order valence-corrected chi connectivity index (χ4v) is 0.576. The molecule has 0 aliphatic carbocycles. The number of ether oxygens (including phenoxy) is 1. The van der Waals surface area contributed by atoms with Crippen molar-refractivity contribution >= 4 is 11.8 Å². The highest BCUT2D eigenvalue weighted by atomic mass is 16.5. The van der Waals surface area contributed by atoms with Crippen molar-refractivity contribution in [1.82, 2.24) is 0 Å². The molecule has 11 heavy (non-hydrogen) atoms. The Bertz CT molecular complexity index is 145. The quantitative estimate of drug-likeness (QED) is 0.447. The van der Waals surface area contributed by atoms with Crippen LogP contribution in [-0.4, -0.2) is 24.9 Å². The van der Waals surface area contributed by atoms with Gasteiger partial charge in [0.25, 0.3) is 0 Å². The van der Waals surface area contributed by atoms with Crippen LogP contribution in [0.1, 0.15) is 19.8 Å². The van der Waals surface area contributed by atoms with E-state index in [4.69, 9.17) is 5.73 Å². The Balaban J connectivity index is 3.56. The summed E-state index contributed by atoms with van der Waals surface area (Å²) in [7, 11) is 0. The maximum atomic E-state index is 10.8. The maximum absolute atomic E-state index is 10.8. The van der Waals surface area contributed by atoms with Crippen LogP contribution >= 0.6 is 0 Å². The molecule has 0 amide bonds. The standard InChI is InChI=1S/C7H13NO3/c1-2-11-7(10)6(9)4-3-5-8/h2-5,8H2,1H3. The van der Waals surface area contributed by atoms with E-state index in [1.807, 2.05) is 0 Å². The number of carbonyl (C=O) groups excluding carboxylic acids is 2. The smallest absolute Gasteiger partial charge is 0.374 e. The summed E-state index contributed by atoms with van der Waals surface area (Å²) in [6.45, 7) is 2.33. The zero-order valence-electron chi connectivity index (χ0n) is 6.63. The molecule has 0 heterocycles. The Morgan fingerprint density at radius 3 is 2.55 bits per heavy atom. The highest BCUT2D eigenvalue weighted by Gasteiger charge is 2.12. The van der Waals surface area contributed by atoms with Gasteiger partial charge in [0.1, 0.15) is 0 Å². The fourth-order valence-electron chi connectivity index (χ4n) is 0.576. The minimum atomic E-state index is -0.749. The van der Waals surface area contributed by atoms with Crippen LogP contribution < -0.4 is 5.73 Å². The Morgan fingerprint density at radius 1 is 1.45 bits per heavy atom. The number of hydrogen-bond donors (Lipinski definition) is 1. The molecule has 0 saturated heterocycles. The summed E-state index contributed by atoms with van der Waals surface area (Å²) in [6.07, 6.45) is 0.729. The Hall–Kier alpha value is -0.900.